The monoisotopic (exact) mass is 422 g/mol. The number of nitrogens with one attached hydrogen (secondary N) is 1. The van der Waals surface area contributed by atoms with E-state index in [0.717, 1.165) is 0 Å². The van der Waals surface area contributed by atoms with E-state index in [9.17, 15) is 9.59 Å². The van der Waals surface area contributed by atoms with Crippen LogP contribution in [0.4, 0.5) is 5.00 Å². The second kappa shape index (κ2) is 8.55. The van der Waals surface area contributed by atoms with Crippen LogP contribution in [0.2, 0.25) is 5.02 Å². The van der Waals surface area contributed by atoms with Gasteiger partial charge in [0, 0.05) is 28.6 Å². The average Bonchev–Trinajstić information content (AvgIpc) is 3.26. The van der Waals surface area contributed by atoms with Crippen LogP contribution < -0.4 is 5.32 Å². The summed E-state index contributed by atoms with van der Waals surface area (Å²) < 4.78 is 6.62. The number of methoxy groups -OCH3 is 1. The van der Waals surface area contributed by atoms with Crippen LogP contribution in [0.5, 0.6) is 0 Å². The molecule has 3 rings (SSSR count). The molecule has 2 heterocycles. The standard InChI is InChI=1S/C17H15ClN4O3S2/c1-22-9-19-21-17(22)27-8-13(23)20-15-14(16(24)25-2)11(7-26-15)10-5-3-4-6-12(10)18/h3-7,9H,8H2,1-2H3,(H,20,23). The van der Waals surface area contributed by atoms with Crippen molar-refractivity contribution in [2.24, 2.45) is 7.05 Å². The van der Waals surface area contributed by atoms with Crippen molar-refractivity contribution in [2.45, 2.75) is 5.16 Å². The van der Waals surface area contributed by atoms with E-state index in [0.29, 0.717) is 26.3 Å². The van der Waals surface area contributed by atoms with Gasteiger partial charge < -0.3 is 14.6 Å². The normalized spacial score (nSPS) is 10.6. The predicted molar refractivity (Wildman–Crippen MR) is 106 cm³/mol. The number of anilines is 1. The lowest BCUT2D eigenvalue weighted by atomic mass is 10.0. The maximum absolute atomic E-state index is 12.3. The molecule has 27 heavy (non-hydrogen) atoms. The number of esters is 1. The van der Waals surface area contributed by atoms with Gasteiger partial charge in [0.05, 0.1) is 12.9 Å². The van der Waals surface area contributed by atoms with E-state index < -0.39 is 5.97 Å². The molecule has 0 spiro atoms. The summed E-state index contributed by atoms with van der Waals surface area (Å²) in [7, 11) is 3.09. The number of thiophene rings is 1. The fraction of sp³-hybridized carbons (Fsp3) is 0.176. The number of nitrogens with zero attached hydrogens (tertiary/aromatic N) is 3. The number of aryl methyl sites for hydroxylation is 1. The summed E-state index contributed by atoms with van der Waals surface area (Å²) in [6.45, 7) is 0. The number of hydrogen-bond donors (Lipinski definition) is 1. The Morgan fingerprint density at radius 1 is 1.33 bits per heavy atom. The van der Waals surface area contributed by atoms with Gasteiger partial charge in [0.1, 0.15) is 16.9 Å². The highest BCUT2D eigenvalue weighted by Crippen LogP contribution is 2.39. The molecule has 7 nitrogen and oxygen atoms in total. The smallest absolute Gasteiger partial charge is 0.341 e. The highest BCUT2D eigenvalue weighted by atomic mass is 35.5. The lowest BCUT2D eigenvalue weighted by Crippen LogP contribution is -2.16. The lowest BCUT2D eigenvalue weighted by molar-refractivity contribution is -0.113. The SMILES string of the molecule is COC(=O)c1c(-c2ccccc2Cl)csc1NC(=O)CSc1nncn1C. The minimum Gasteiger partial charge on any atom is -0.465 e. The van der Waals surface area contributed by atoms with Crippen molar-refractivity contribution < 1.29 is 14.3 Å². The van der Waals surface area contributed by atoms with Crippen LogP contribution in [-0.2, 0) is 16.6 Å². The molecule has 10 heteroatoms. The van der Waals surface area contributed by atoms with Gasteiger partial charge in [-0.1, -0.05) is 41.6 Å². The van der Waals surface area contributed by atoms with E-state index in [1.807, 2.05) is 18.2 Å². The summed E-state index contributed by atoms with van der Waals surface area (Å²) in [4.78, 5) is 24.7. The topological polar surface area (TPSA) is 86.1 Å². The van der Waals surface area contributed by atoms with Crippen LogP contribution in [0.25, 0.3) is 11.1 Å². The van der Waals surface area contributed by atoms with Crippen molar-refractivity contribution >= 4 is 51.6 Å². The number of amides is 1. The minimum atomic E-state index is -0.539. The molecule has 0 saturated carbocycles. The van der Waals surface area contributed by atoms with Crippen LogP contribution in [0.15, 0.2) is 41.1 Å². The van der Waals surface area contributed by atoms with Crippen molar-refractivity contribution in [3.8, 4) is 11.1 Å². The maximum Gasteiger partial charge on any atom is 0.341 e. The Hall–Kier alpha value is -2.36. The highest BCUT2D eigenvalue weighted by Gasteiger charge is 2.23. The second-order valence-corrected chi connectivity index (χ2v) is 7.62. The summed E-state index contributed by atoms with van der Waals surface area (Å²) in [5, 5.41) is 13.8. The van der Waals surface area contributed by atoms with E-state index >= 15 is 0 Å². The molecule has 1 N–H and O–H groups in total. The molecule has 1 amide bonds. The number of aromatic nitrogens is 3. The van der Waals surface area contributed by atoms with Crippen LogP contribution in [0.3, 0.4) is 0 Å². The van der Waals surface area contributed by atoms with Crippen molar-refractivity contribution in [1.29, 1.82) is 0 Å². The van der Waals surface area contributed by atoms with Crippen molar-refractivity contribution in [3.63, 3.8) is 0 Å². The zero-order valence-electron chi connectivity index (χ0n) is 14.4. The van der Waals surface area contributed by atoms with Gasteiger partial charge in [-0.2, -0.15) is 0 Å². The zero-order valence-corrected chi connectivity index (χ0v) is 16.8. The Bertz CT molecular complexity index is 986. The molecule has 3 aromatic rings. The molecule has 140 valence electrons. The summed E-state index contributed by atoms with van der Waals surface area (Å²) in [6, 6.07) is 7.19. The van der Waals surface area contributed by atoms with Gasteiger partial charge in [0.25, 0.3) is 0 Å². The number of carbonyl (C=O) groups is 2. The summed E-state index contributed by atoms with van der Waals surface area (Å²) in [6.07, 6.45) is 1.56. The first-order valence-corrected chi connectivity index (χ1v) is 9.97. The molecule has 0 radical (unpaired) electrons. The Kier molecular flexibility index (Phi) is 6.15. The second-order valence-electron chi connectivity index (χ2n) is 5.39. The molecule has 0 aliphatic rings. The van der Waals surface area contributed by atoms with Gasteiger partial charge in [0.2, 0.25) is 5.91 Å². The van der Waals surface area contributed by atoms with E-state index in [-0.39, 0.29) is 17.2 Å². The number of carbonyl (C=O) groups excluding carboxylic acids is 2. The number of rotatable bonds is 6. The third-order valence-electron chi connectivity index (χ3n) is 3.60. The van der Waals surface area contributed by atoms with Gasteiger partial charge in [-0.15, -0.1) is 21.5 Å². The Morgan fingerprint density at radius 2 is 2.11 bits per heavy atom. The van der Waals surface area contributed by atoms with Crippen molar-refractivity contribution in [2.75, 3.05) is 18.2 Å². The van der Waals surface area contributed by atoms with Crippen LogP contribution >= 0.6 is 34.7 Å². The van der Waals surface area contributed by atoms with E-state index in [1.165, 1.54) is 30.2 Å². The van der Waals surface area contributed by atoms with Crippen molar-refractivity contribution in [3.05, 3.63) is 46.6 Å². The molecule has 0 atom stereocenters. The summed E-state index contributed by atoms with van der Waals surface area (Å²) in [5.41, 5.74) is 1.60. The van der Waals surface area contributed by atoms with Crippen molar-refractivity contribution in [1.82, 2.24) is 14.8 Å². The third-order valence-corrected chi connectivity index (χ3v) is 5.86. The number of ether oxygens (including phenoxy) is 1. The molecule has 0 aliphatic heterocycles. The Morgan fingerprint density at radius 3 is 2.78 bits per heavy atom. The van der Waals surface area contributed by atoms with Gasteiger partial charge in [-0.05, 0) is 6.07 Å². The fourth-order valence-electron chi connectivity index (χ4n) is 2.33. The van der Waals surface area contributed by atoms with Crippen LogP contribution in [0, 0.1) is 0 Å². The first-order valence-electron chi connectivity index (χ1n) is 7.72. The molecule has 0 fully saturated rings. The largest absolute Gasteiger partial charge is 0.465 e. The molecule has 0 bridgehead atoms. The molecule has 0 saturated heterocycles. The predicted octanol–water partition coefficient (Wildman–Crippen LogP) is 3.71. The number of benzene rings is 1. The number of hydrogen-bond acceptors (Lipinski definition) is 7. The first kappa shape index (κ1) is 19.4. The van der Waals surface area contributed by atoms with Gasteiger partial charge in [0.15, 0.2) is 5.16 Å². The van der Waals surface area contributed by atoms with Gasteiger partial charge >= 0.3 is 5.97 Å². The molecular formula is C17H15ClN4O3S2. The Balaban J connectivity index is 1.83. The Labute approximate surface area is 168 Å². The summed E-state index contributed by atoms with van der Waals surface area (Å²) >= 11 is 8.76. The molecule has 2 aromatic heterocycles. The van der Waals surface area contributed by atoms with Gasteiger partial charge in [-0.3, -0.25) is 4.79 Å². The number of halogens is 1. The van der Waals surface area contributed by atoms with E-state index in [4.69, 9.17) is 16.3 Å². The fourth-order valence-corrected chi connectivity index (χ4v) is 4.22. The quantitative estimate of drug-likeness (QED) is 0.481. The summed E-state index contributed by atoms with van der Waals surface area (Å²) in [5.74, 6) is -0.671. The van der Waals surface area contributed by atoms with Gasteiger partial charge in [-0.25, -0.2) is 4.79 Å². The zero-order chi connectivity index (χ0) is 19.4. The number of thioether (sulfide) groups is 1. The lowest BCUT2D eigenvalue weighted by Gasteiger charge is -2.08. The third kappa shape index (κ3) is 4.32. The van der Waals surface area contributed by atoms with E-state index in [2.05, 4.69) is 15.5 Å². The highest BCUT2D eigenvalue weighted by molar-refractivity contribution is 7.99. The first-order chi connectivity index (χ1) is 13.0. The molecule has 1 aromatic carbocycles. The van der Waals surface area contributed by atoms with Crippen LogP contribution in [-0.4, -0.2) is 39.5 Å². The maximum atomic E-state index is 12.3. The molecular weight excluding hydrogens is 408 g/mol. The average molecular weight is 423 g/mol. The minimum absolute atomic E-state index is 0.131. The van der Waals surface area contributed by atoms with E-state index in [1.54, 1.807) is 29.4 Å². The van der Waals surface area contributed by atoms with Crippen LogP contribution in [0.1, 0.15) is 10.4 Å². The molecule has 0 unspecified atom stereocenters. The molecule has 0 aliphatic carbocycles.